The highest BCUT2D eigenvalue weighted by Gasteiger charge is 2.52. The van der Waals surface area contributed by atoms with Crippen LogP contribution in [0, 0.1) is 0 Å². The van der Waals surface area contributed by atoms with E-state index in [1.807, 2.05) is 0 Å². The molecule has 1 fully saturated rings. The lowest BCUT2D eigenvalue weighted by molar-refractivity contribution is 0.00578. The van der Waals surface area contributed by atoms with E-state index in [-0.39, 0.29) is 18.3 Å². The summed E-state index contributed by atoms with van der Waals surface area (Å²) in [4.78, 5) is 0. The van der Waals surface area contributed by atoms with Gasteiger partial charge in [0.1, 0.15) is 0 Å². The molecule has 0 saturated carbocycles. The van der Waals surface area contributed by atoms with Crippen molar-refractivity contribution >= 4 is 28.5 Å². The van der Waals surface area contributed by atoms with Gasteiger partial charge in [0.25, 0.3) is 0 Å². The Labute approximate surface area is 162 Å². The third-order valence-corrected chi connectivity index (χ3v) is 6.15. The Kier molecular flexibility index (Phi) is 7.17. The molecular weight excluding hydrogens is 379 g/mol. The summed E-state index contributed by atoms with van der Waals surface area (Å²) in [5.74, 6) is 0. The van der Waals surface area contributed by atoms with Crippen molar-refractivity contribution in [1.29, 1.82) is 0 Å². The Hall–Kier alpha value is -0.355. The smallest absolute Gasteiger partial charge is 0.399 e. The van der Waals surface area contributed by atoms with Crippen molar-refractivity contribution in [2.45, 2.75) is 84.5 Å². The van der Waals surface area contributed by atoms with Crippen LogP contribution in [-0.2, 0) is 27.1 Å². The van der Waals surface area contributed by atoms with Crippen LogP contribution >= 0.6 is 15.9 Å². The van der Waals surface area contributed by atoms with Crippen molar-refractivity contribution in [1.82, 2.24) is 0 Å². The molecule has 25 heavy (non-hydrogen) atoms. The van der Waals surface area contributed by atoms with Crippen LogP contribution in [-0.4, -0.2) is 25.4 Å². The van der Waals surface area contributed by atoms with E-state index in [1.165, 1.54) is 31.2 Å². The zero-order valence-corrected chi connectivity index (χ0v) is 18.2. The molecule has 0 amide bonds. The molecular formula is C20H32BBrO3. The molecule has 2 rings (SSSR count). The van der Waals surface area contributed by atoms with Gasteiger partial charge in [-0.25, -0.2) is 0 Å². The average Bonchev–Trinajstić information content (AvgIpc) is 2.74. The Bertz CT molecular complexity index is 571. The first-order valence-corrected chi connectivity index (χ1v) is 10.2. The molecule has 0 unspecified atom stereocenters. The Balaban J connectivity index is 2.28. The Morgan fingerprint density at radius 2 is 1.64 bits per heavy atom. The first-order valence-electron chi connectivity index (χ1n) is 9.37. The van der Waals surface area contributed by atoms with E-state index in [0.29, 0.717) is 6.61 Å². The second kappa shape index (κ2) is 8.56. The van der Waals surface area contributed by atoms with Gasteiger partial charge in [-0.1, -0.05) is 48.2 Å². The highest BCUT2D eigenvalue weighted by Crippen LogP contribution is 2.37. The second-order valence-corrected chi connectivity index (χ2v) is 8.83. The van der Waals surface area contributed by atoms with Gasteiger partial charge < -0.3 is 14.0 Å². The minimum absolute atomic E-state index is 0.337. The highest BCUT2D eigenvalue weighted by atomic mass is 79.9. The number of halogens is 1. The van der Waals surface area contributed by atoms with Gasteiger partial charge in [-0.3, -0.25) is 0 Å². The number of methoxy groups -OCH3 is 1. The van der Waals surface area contributed by atoms with E-state index < -0.39 is 0 Å². The highest BCUT2D eigenvalue weighted by molar-refractivity contribution is 9.10. The molecule has 0 N–H and O–H groups in total. The van der Waals surface area contributed by atoms with Crippen LogP contribution < -0.4 is 5.46 Å². The summed E-state index contributed by atoms with van der Waals surface area (Å²) in [5.41, 5.74) is 2.85. The van der Waals surface area contributed by atoms with Gasteiger partial charge in [0.15, 0.2) is 0 Å². The molecule has 0 bridgehead atoms. The molecule has 1 aromatic rings. The van der Waals surface area contributed by atoms with Crippen LogP contribution in [0.5, 0.6) is 0 Å². The van der Waals surface area contributed by atoms with Crippen molar-refractivity contribution in [3.8, 4) is 0 Å². The van der Waals surface area contributed by atoms with Crippen molar-refractivity contribution in [3.05, 3.63) is 27.7 Å². The number of aryl methyl sites for hydroxylation is 1. The fourth-order valence-electron chi connectivity index (χ4n) is 3.08. The largest absolute Gasteiger partial charge is 0.495 e. The number of ether oxygens (including phenoxy) is 1. The minimum atomic E-state index is -0.349. The molecule has 5 heteroatoms. The summed E-state index contributed by atoms with van der Waals surface area (Å²) in [5, 5.41) is 0. The van der Waals surface area contributed by atoms with Crippen LogP contribution in [0.1, 0.15) is 71.4 Å². The maximum atomic E-state index is 6.28. The second-order valence-electron chi connectivity index (χ2n) is 7.97. The van der Waals surface area contributed by atoms with E-state index in [9.17, 15) is 0 Å². The monoisotopic (exact) mass is 410 g/mol. The SMILES string of the molecule is CCCCCCc1cc(B2OC(C)(C)C(C)(C)O2)c(COC)cc1Br. The first kappa shape index (κ1) is 21.0. The Morgan fingerprint density at radius 1 is 1.00 bits per heavy atom. The number of rotatable bonds is 8. The maximum absolute atomic E-state index is 6.28. The van der Waals surface area contributed by atoms with Gasteiger partial charge in [-0.2, -0.15) is 0 Å². The molecule has 1 heterocycles. The molecule has 0 atom stereocenters. The zero-order chi connectivity index (χ0) is 18.7. The molecule has 0 radical (unpaired) electrons. The van der Waals surface area contributed by atoms with Gasteiger partial charge in [-0.05, 0) is 63.2 Å². The third-order valence-electron chi connectivity index (χ3n) is 5.41. The van der Waals surface area contributed by atoms with Crippen LogP contribution in [0.25, 0.3) is 0 Å². The minimum Gasteiger partial charge on any atom is -0.399 e. The molecule has 0 aliphatic carbocycles. The predicted octanol–water partition coefficient (Wildman–Crippen LogP) is 5.02. The molecule has 0 aromatic heterocycles. The van der Waals surface area contributed by atoms with Crippen LogP contribution in [0.15, 0.2) is 16.6 Å². The zero-order valence-electron chi connectivity index (χ0n) is 16.6. The number of unbranched alkanes of at least 4 members (excludes halogenated alkanes) is 3. The summed E-state index contributed by atoms with van der Waals surface area (Å²) in [6.45, 7) is 11.2. The number of hydrogen-bond donors (Lipinski definition) is 0. The normalized spacial score (nSPS) is 18.8. The van der Waals surface area contributed by atoms with Crippen molar-refractivity contribution in [3.63, 3.8) is 0 Å². The lowest BCUT2D eigenvalue weighted by atomic mass is 9.75. The van der Waals surface area contributed by atoms with Crippen LogP contribution in [0.2, 0.25) is 0 Å². The summed E-state index contributed by atoms with van der Waals surface area (Å²) in [6.07, 6.45) is 6.10. The molecule has 0 spiro atoms. The van der Waals surface area contributed by atoms with E-state index in [1.54, 1.807) is 7.11 Å². The molecule has 1 aliphatic heterocycles. The van der Waals surface area contributed by atoms with Crippen LogP contribution in [0.3, 0.4) is 0 Å². The molecule has 3 nitrogen and oxygen atoms in total. The number of hydrogen-bond acceptors (Lipinski definition) is 3. The standard InChI is InChI=1S/C20H32BBrO3/c1-7-8-9-10-11-15-12-17(16(14-23-6)13-18(15)22)21-24-19(2,3)20(4,5)25-21/h12-13H,7-11,14H2,1-6H3. The Morgan fingerprint density at radius 3 is 2.20 bits per heavy atom. The molecule has 1 saturated heterocycles. The van der Waals surface area contributed by atoms with Crippen molar-refractivity contribution in [2.24, 2.45) is 0 Å². The maximum Gasteiger partial charge on any atom is 0.495 e. The topological polar surface area (TPSA) is 27.7 Å². The quantitative estimate of drug-likeness (QED) is 0.444. The van der Waals surface area contributed by atoms with Crippen molar-refractivity contribution < 1.29 is 14.0 Å². The summed E-state index contributed by atoms with van der Waals surface area (Å²) in [7, 11) is 1.37. The third kappa shape index (κ3) is 4.88. The molecule has 1 aliphatic rings. The lowest BCUT2D eigenvalue weighted by Crippen LogP contribution is -2.41. The number of benzene rings is 1. The lowest BCUT2D eigenvalue weighted by Gasteiger charge is -2.32. The summed E-state index contributed by atoms with van der Waals surface area (Å²) >= 11 is 3.74. The fraction of sp³-hybridized carbons (Fsp3) is 0.700. The summed E-state index contributed by atoms with van der Waals surface area (Å²) < 4.78 is 19.1. The van der Waals surface area contributed by atoms with E-state index in [2.05, 4.69) is 62.7 Å². The first-order chi connectivity index (χ1) is 11.7. The van der Waals surface area contributed by atoms with Gasteiger partial charge in [0.05, 0.1) is 17.8 Å². The van der Waals surface area contributed by atoms with Gasteiger partial charge >= 0.3 is 7.12 Å². The van der Waals surface area contributed by atoms with Crippen molar-refractivity contribution in [2.75, 3.05) is 7.11 Å². The van der Waals surface area contributed by atoms with Crippen LogP contribution in [0.4, 0.5) is 0 Å². The van der Waals surface area contributed by atoms with Gasteiger partial charge in [-0.15, -0.1) is 0 Å². The van der Waals surface area contributed by atoms with Gasteiger partial charge in [0, 0.05) is 11.6 Å². The van der Waals surface area contributed by atoms with E-state index >= 15 is 0 Å². The summed E-state index contributed by atoms with van der Waals surface area (Å²) in [6, 6.07) is 4.41. The molecule has 140 valence electrons. The van der Waals surface area contributed by atoms with E-state index in [4.69, 9.17) is 14.0 Å². The average molecular weight is 411 g/mol. The molecule has 1 aromatic carbocycles. The van der Waals surface area contributed by atoms with Gasteiger partial charge in [0.2, 0.25) is 0 Å². The fourth-order valence-corrected chi connectivity index (χ4v) is 3.67. The predicted molar refractivity (Wildman–Crippen MR) is 108 cm³/mol. The van der Waals surface area contributed by atoms with E-state index in [0.717, 1.165) is 21.9 Å².